The Morgan fingerprint density at radius 1 is 1.46 bits per heavy atom. The summed E-state index contributed by atoms with van der Waals surface area (Å²) in [4.78, 5) is 4.60. The number of imidazole rings is 1. The van der Waals surface area contributed by atoms with Gasteiger partial charge in [0.05, 0.1) is 11.2 Å². The number of hydrogen-bond acceptors (Lipinski definition) is 2. The molecule has 0 radical (unpaired) electrons. The Balaban J connectivity index is 2.51. The average Bonchev–Trinajstić information content (AvgIpc) is 2.51. The number of nitrogens with zero attached hydrogens (tertiary/aromatic N) is 2. The van der Waals surface area contributed by atoms with E-state index in [1.807, 2.05) is 13.8 Å². The highest BCUT2D eigenvalue weighted by Crippen LogP contribution is 2.25. The lowest BCUT2D eigenvalue weighted by Gasteiger charge is -2.17. The van der Waals surface area contributed by atoms with E-state index in [1.165, 1.54) is 17.9 Å². The van der Waals surface area contributed by atoms with Crippen LogP contribution in [0, 0.1) is 6.92 Å². The third-order valence-corrected chi connectivity index (χ3v) is 2.69. The van der Waals surface area contributed by atoms with Gasteiger partial charge in [0.1, 0.15) is 5.82 Å². The minimum Gasteiger partial charge on any atom is -0.332 e. The highest BCUT2D eigenvalue weighted by atomic mass is 15.1. The molecule has 13 heavy (non-hydrogen) atoms. The van der Waals surface area contributed by atoms with Crippen molar-refractivity contribution < 1.29 is 0 Å². The maximum atomic E-state index is 6.04. The highest BCUT2D eigenvalue weighted by molar-refractivity contribution is 5.23. The predicted molar refractivity (Wildman–Crippen MR) is 52.5 cm³/mol. The van der Waals surface area contributed by atoms with Gasteiger partial charge in [-0.15, -0.1) is 0 Å². The normalized spacial score (nSPS) is 16.3. The second-order valence-corrected chi connectivity index (χ2v) is 4.44. The predicted octanol–water partition coefficient (Wildman–Crippen LogP) is 1.33. The van der Waals surface area contributed by atoms with Crippen LogP contribution in [0.3, 0.4) is 0 Å². The van der Waals surface area contributed by atoms with Crippen molar-refractivity contribution in [2.24, 2.45) is 5.73 Å². The molecule has 0 aromatic carbocycles. The van der Waals surface area contributed by atoms with E-state index >= 15 is 0 Å². The minimum atomic E-state index is -0.304. The molecule has 72 valence electrons. The maximum absolute atomic E-state index is 6.04. The SMILES string of the molecule is Cc1c(C(C)(C)N)nc2n1CCC2. The van der Waals surface area contributed by atoms with Gasteiger partial charge >= 0.3 is 0 Å². The van der Waals surface area contributed by atoms with E-state index in [0.29, 0.717) is 0 Å². The van der Waals surface area contributed by atoms with Crippen molar-refractivity contribution in [2.75, 3.05) is 0 Å². The van der Waals surface area contributed by atoms with Gasteiger partial charge in [-0.25, -0.2) is 4.98 Å². The molecule has 0 amide bonds. The molecular weight excluding hydrogens is 162 g/mol. The monoisotopic (exact) mass is 179 g/mol. The van der Waals surface area contributed by atoms with Gasteiger partial charge in [0.25, 0.3) is 0 Å². The van der Waals surface area contributed by atoms with E-state index in [9.17, 15) is 0 Å². The molecule has 0 fully saturated rings. The van der Waals surface area contributed by atoms with E-state index in [0.717, 1.165) is 18.7 Å². The van der Waals surface area contributed by atoms with Crippen molar-refractivity contribution in [1.82, 2.24) is 9.55 Å². The number of aromatic nitrogens is 2. The molecule has 1 aromatic rings. The van der Waals surface area contributed by atoms with Crippen LogP contribution in [-0.2, 0) is 18.5 Å². The zero-order valence-corrected chi connectivity index (χ0v) is 8.59. The lowest BCUT2D eigenvalue weighted by molar-refractivity contribution is 0.529. The smallest absolute Gasteiger partial charge is 0.109 e. The van der Waals surface area contributed by atoms with Gasteiger partial charge in [-0.3, -0.25) is 0 Å². The lowest BCUT2D eigenvalue weighted by atomic mass is 10.0. The van der Waals surface area contributed by atoms with Crippen molar-refractivity contribution in [2.45, 2.75) is 45.7 Å². The van der Waals surface area contributed by atoms with E-state index in [4.69, 9.17) is 5.73 Å². The molecule has 1 aromatic heterocycles. The van der Waals surface area contributed by atoms with Crippen molar-refractivity contribution in [1.29, 1.82) is 0 Å². The van der Waals surface area contributed by atoms with E-state index in [2.05, 4.69) is 16.5 Å². The Bertz CT molecular complexity index is 331. The van der Waals surface area contributed by atoms with E-state index in [1.54, 1.807) is 0 Å². The van der Waals surface area contributed by atoms with Crippen LogP contribution in [0.25, 0.3) is 0 Å². The number of hydrogen-bond donors (Lipinski definition) is 1. The van der Waals surface area contributed by atoms with Crippen LogP contribution in [0.1, 0.15) is 37.5 Å². The van der Waals surface area contributed by atoms with Gasteiger partial charge in [-0.2, -0.15) is 0 Å². The first kappa shape index (κ1) is 8.75. The number of fused-ring (bicyclic) bond motifs is 1. The Kier molecular flexibility index (Phi) is 1.74. The zero-order chi connectivity index (χ0) is 9.64. The van der Waals surface area contributed by atoms with E-state index in [-0.39, 0.29) is 5.54 Å². The molecule has 0 saturated carbocycles. The zero-order valence-electron chi connectivity index (χ0n) is 8.59. The summed E-state index contributed by atoms with van der Waals surface area (Å²) >= 11 is 0. The summed E-state index contributed by atoms with van der Waals surface area (Å²) in [6, 6.07) is 0. The van der Waals surface area contributed by atoms with Crippen molar-refractivity contribution in [3.05, 3.63) is 17.2 Å². The fourth-order valence-corrected chi connectivity index (χ4v) is 2.08. The fourth-order valence-electron chi connectivity index (χ4n) is 2.08. The minimum absolute atomic E-state index is 0.304. The summed E-state index contributed by atoms with van der Waals surface area (Å²) in [5.41, 5.74) is 8.05. The fraction of sp³-hybridized carbons (Fsp3) is 0.700. The quantitative estimate of drug-likeness (QED) is 0.707. The molecule has 0 aliphatic carbocycles. The first-order valence-corrected chi connectivity index (χ1v) is 4.85. The van der Waals surface area contributed by atoms with Crippen LogP contribution in [0.2, 0.25) is 0 Å². The summed E-state index contributed by atoms with van der Waals surface area (Å²) in [7, 11) is 0. The van der Waals surface area contributed by atoms with Crippen molar-refractivity contribution in [3.63, 3.8) is 0 Å². The maximum Gasteiger partial charge on any atom is 0.109 e. The molecule has 2 heterocycles. The largest absolute Gasteiger partial charge is 0.332 e. The van der Waals surface area contributed by atoms with Gasteiger partial charge in [0.2, 0.25) is 0 Å². The second kappa shape index (κ2) is 2.58. The Hall–Kier alpha value is -0.830. The van der Waals surface area contributed by atoms with Gasteiger partial charge in [0, 0.05) is 18.7 Å². The molecule has 1 aliphatic heterocycles. The van der Waals surface area contributed by atoms with Crippen molar-refractivity contribution >= 4 is 0 Å². The number of nitrogens with two attached hydrogens (primary N) is 1. The third kappa shape index (κ3) is 1.27. The molecule has 0 bridgehead atoms. The summed E-state index contributed by atoms with van der Waals surface area (Å²) in [6.45, 7) is 7.26. The first-order chi connectivity index (χ1) is 6.00. The van der Waals surface area contributed by atoms with Crippen LogP contribution < -0.4 is 5.73 Å². The Morgan fingerprint density at radius 3 is 2.69 bits per heavy atom. The van der Waals surface area contributed by atoms with Gasteiger partial charge in [0.15, 0.2) is 0 Å². The number of aryl methyl sites for hydroxylation is 1. The third-order valence-electron chi connectivity index (χ3n) is 2.69. The van der Waals surface area contributed by atoms with Crippen LogP contribution in [0.5, 0.6) is 0 Å². The van der Waals surface area contributed by atoms with Crippen LogP contribution in [-0.4, -0.2) is 9.55 Å². The Morgan fingerprint density at radius 2 is 2.15 bits per heavy atom. The van der Waals surface area contributed by atoms with Gasteiger partial charge in [-0.05, 0) is 27.2 Å². The van der Waals surface area contributed by atoms with Crippen molar-refractivity contribution in [3.8, 4) is 0 Å². The molecule has 3 heteroatoms. The summed E-state index contributed by atoms with van der Waals surface area (Å²) in [6.07, 6.45) is 2.34. The molecule has 1 aliphatic rings. The van der Waals surface area contributed by atoms with Crippen LogP contribution in [0.4, 0.5) is 0 Å². The molecule has 2 rings (SSSR count). The number of rotatable bonds is 1. The molecule has 0 spiro atoms. The lowest BCUT2D eigenvalue weighted by Crippen LogP contribution is -2.30. The molecule has 0 atom stereocenters. The molecular formula is C10H17N3. The first-order valence-electron chi connectivity index (χ1n) is 4.85. The second-order valence-electron chi connectivity index (χ2n) is 4.44. The summed E-state index contributed by atoms with van der Waals surface area (Å²) < 4.78 is 2.30. The molecule has 0 saturated heterocycles. The molecule has 3 nitrogen and oxygen atoms in total. The summed E-state index contributed by atoms with van der Waals surface area (Å²) in [5, 5.41) is 0. The van der Waals surface area contributed by atoms with Crippen LogP contribution in [0.15, 0.2) is 0 Å². The molecule has 2 N–H and O–H groups in total. The average molecular weight is 179 g/mol. The standard InChI is InChI=1S/C10H17N3/c1-7-9(10(2,3)11)12-8-5-4-6-13(7)8/h4-6,11H2,1-3H3. The highest BCUT2D eigenvalue weighted by Gasteiger charge is 2.25. The van der Waals surface area contributed by atoms with Gasteiger partial charge < -0.3 is 10.3 Å². The van der Waals surface area contributed by atoms with E-state index < -0.39 is 0 Å². The Labute approximate surface area is 79.0 Å². The summed E-state index contributed by atoms with van der Waals surface area (Å²) in [5.74, 6) is 1.21. The molecule has 0 unspecified atom stereocenters. The van der Waals surface area contributed by atoms with Crippen LogP contribution >= 0.6 is 0 Å². The van der Waals surface area contributed by atoms with Gasteiger partial charge in [-0.1, -0.05) is 0 Å². The topological polar surface area (TPSA) is 43.8 Å².